The number of nitrogens with one attached hydrogen (secondary N) is 1. The van der Waals surface area contributed by atoms with Crippen molar-refractivity contribution < 1.29 is 14.3 Å². The lowest BCUT2D eigenvalue weighted by Gasteiger charge is -2.32. The molecule has 3 aromatic rings. The topological polar surface area (TPSA) is 93.5 Å². The molecule has 0 saturated carbocycles. The highest BCUT2D eigenvalue weighted by Crippen LogP contribution is 2.26. The normalized spacial score (nSPS) is 11.8. The van der Waals surface area contributed by atoms with Crippen LogP contribution in [-0.4, -0.2) is 39.6 Å². The van der Waals surface area contributed by atoms with Crippen LogP contribution in [0.4, 0.5) is 10.5 Å². The Morgan fingerprint density at radius 2 is 1.83 bits per heavy atom. The number of hydrogen-bond acceptors (Lipinski definition) is 5. The molecule has 186 valence electrons. The van der Waals surface area contributed by atoms with Gasteiger partial charge in [-0.05, 0) is 69.2 Å². The van der Waals surface area contributed by atoms with E-state index in [-0.39, 0.29) is 11.6 Å². The summed E-state index contributed by atoms with van der Waals surface area (Å²) in [5.41, 5.74) is 1.30. The summed E-state index contributed by atoms with van der Waals surface area (Å²) < 4.78 is 6.63. The monoisotopic (exact) mass is 498 g/mol. The molecule has 0 spiro atoms. The summed E-state index contributed by atoms with van der Waals surface area (Å²) >= 11 is 6.16. The van der Waals surface area contributed by atoms with Crippen LogP contribution in [0.5, 0.6) is 0 Å². The van der Waals surface area contributed by atoms with E-state index in [4.69, 9.17) is 21.3 Å². The van der Waals surface area contributed by atoms with Gasteiger partial charge in [-0.3, -0.25) is 9.36 Å². The van der Waals surface area contributed by atoms with Crippen LogP contribution >= 0.6 is 11.6 Å². The Balaban J connectivity index is 1.96. The Morgan fingerprint density at radius 3 is 2.43 bits per heavy atom. The minimum absolute atomic E-state index is 0.158. The van der Waals surface area contributed by atoms with Gasteiger partial charge in [-0.15, -0.1) is 0 Å². The highest BCUT2D eigenvalue weighted by Gasteiger charge is 2.28. The van der Waals surface area contributed by atoms with Gasteiger partial charge in [0.1, 0.15) is 5.82 Å². The third-order valence-electron chi connectivity index (χ3n) is 5.70. The minimum Gasteiger partial charge on any atom is -0.462 e. The number of anilines is 1. The Bertz CT molecular complexity index is 1260. The van der Waals surface area contributed by atoms with Gasteiger partial charge in [0, 0.05) is 23.8 Å². The van der Waals surface area contributed by atoms with Crippen LogP contribution in [-0.2, 0) is 11.3 Å². The fourth-order valence-electron chi connectivity index (χ4n) is 4.05. The van der Waals surface area contributed by atoms with Crippen molar-refractivity contribution in [1.29, 1.82) is 0 Å². The van der Waals surface area contributed by atoms with Crippen molar-refractivity contribution in [2.45, 2.75) is 53.1 Å². The molecule has 2 aromatic carbocycles. The molecule has 1 aromatic heterocycles. The SMILES string of the molecule is CCCN(C(=O)Nc1ccc(C(=O)OCC)cc1)C(CC)c1nc2cc(Cl)ccc2c(=O)n1CC. The van der Waals surface area contributed by atoms with Gasteiger partial charge >= 0.3 is 12.0 Å². The van der Waals surface area contributed by atoms with Crippen molar-refractivity contribution in [3.05, 3.63) is 69.2 Å². The van der Waals surface area contributed by atoms with E-state index in [0.29, 0.717) is 59.1 Å². The molecule has 2 amide bonds. The number of carbonyl (C=O) groups excluding carboxylic acids is 2. The smallest absolute Gasteiger partial charge is 0.338 e. The van der Waals surface area contributed by atoms with Crippen molar-refractivity contribution in [3.8, 4) is 0 Å². The molecule has 0 saturated heterocycles. The second kappa shape index (κ2) is 11.8. The van der Waals surface area contributed by atoms with Gasteiger partial charge in [0.25, 0.3) is 5.56 Å². The Kier molecular flexibility index (Phi) is 8.87. The molecule has 9 heteroatoms. The van der Waals surface area contributed by atoms with E-state index in [1.807, 2.05) is 20.8 Å². The molecule has 8 nitrogen and oxygen atoms in total. The number of hydrogen-bond donors (Lipinski definition) is 1. The Morgan fingerprint density at radius 1 is 1.11 bits per heavy atom. The van der Waals surface area contributed by atoms with Gasteiger partial charge in [0.15, 0.2) is 0 Å². The van der Waals surface area contributed by atoms with E-state index < -0.39 is 12.0 Å². The first-order valence-electron chi connectivity index (χ1n) is 11.9. The maximum absolute atomic E-state index is 13.4. The lowest BCUT2D eigenvalue weighted by molar-refractivity contribution is 0.0526. The highest BCUT2D eigenvalue weighted by molar-refractivity contribution is 6.31. The zero-order chi connectivity index (χ0) is 25.5. The van der Waals surface area contributed by atoms with E-state index >= 15 is 0 Å². The second-order valence-electron chi connectivity index (χ2n) is 8.03. The van der Waals surface area contributed by atoms with Crippen molar-refractivity contribution >= 4 is 40.2 Å². The first kappa shape index (κ1) is 26.2. The first-order valence-corrected chi connectivity index (χ1v) is 12.3. The number of aromatic nitrogens is 2. The number of nitrogens with zero attached hydrogens (tertiary/aromatic N) is 3. The molecule has 1 N–H and O–H groups in total. The lowest BCUT2D eigenvalue weighted by atomic mass is 10.1. The molecule has 0 aliphatic carbocycles. The quantitative estimate of drug-likeness (QED) is 0.385. The molecule has 0 bridgehead atoms. The van der Waals surface area contributed by atoms with E-state index in [2.05, 4.69) is 5.32 Å². The zero-order valence-electron chi connectivity index (χ0n) is 20.5. The predicted molar refractivity (Wildman–Crippen MR) is 138 cm³/mol. The largest absolute Gasteiger partial charge is 0.462 e. The molecular weight excluding hydrogens is 468 g/mol. The van der Waals surface area contributed by atoms with Crippen molar-refractivity contribution in [3.63, 3.8) is 0 Å². The van der Waals surface area contributed by atoms with E-state index in [9.17, 15) is 14.4 Å². The summed E-state index contributed by atoms with van der Waals surface area (Å²) in [7, 11) is 0. The molecule has 3 rings (SSSR count). The van der Waals surface area contributed by atoms with Gasteiger partial charge in [-0.2, -0.15) is 0 Å². The number of rotatable bonds is 9. The maximum Gasteiger partial charge on any atom is 0.338 e. The van der Waals surface area contributed by atoms with Crippen LogP contribution < -0.4 is 10.9 Å². The van der Waals surface area contributed by atoms with Crippen LogP contribution in [0.25, 0.3) is 10.9 Å². The first-order chi connectivity index (χ1) is 16.8. The number of urea groups is 1. The molecule has 0 radical (unpaired) electrons. The van der Waals surface area contributed by atoms with Crippen LogP contribution in [0, 0.1) is 0 Å². The van der Waals surface area contributed by atoms with E-state index in [1.165, 1.54) is 0 Å². The van der Waals surface area contributed by atoms with Crippen LogP contribution in [0.15, 0.2) is 47.3 Å². The molecule has 0 fully saturated rings. The predicted octanol–water partition coefficient (Wildman–Crippen LogP) is 5.64. The number of amides is 2. The summed E-state index contributed by atoms with van der Waals surface area (Å²) in [6.07, 6.45) is 1.29. The van der Waals surface area contributed by atoms with Crippen molar-refractivity contribution in [2.75, 3.05) is 18.5 Å². The number of carbonyl (C=O) groups is 2. The number of fused-ring (bicyclic) bond motifs is 1. The van der Waals surface area contributed by atoms with Crippen LogP contribution in [0.3, 0.4) is 0 Å². The van der Waals surface area contributed by atoms with Gasteiger partial charge in [-0.25, -0.2) is 14.6 Å². The summed E-state index contributed by atoms with van der Waals surface area (Å²) in [6, 6.07) is 10.8. The molecule has 35 heavy (non-hydrogen) atoms. The van der Waals surface area contributed by atoms with E-state index in [0.717, 1.165) is 6.42 Å². The summed E-state index contributed by atoms with van der Waals surface area (Å²) in [5.74, 6) is 0.111. The fourth-order valence-corrected chi connectivity index (χ4v) is 4.22. The molecule has 1 heterocycles. The Labute approximate surface area is 209 Å². The highest BCUT2D eigenvalue weighted by atomic mass is 35.5. The molecule has 0 aliphatic rings. The van der Waals surface area contributed by atoms with Gasteiger partial charge in [0.05, 0.1) is 29.1 Å². The van der Waals surface area contributed by atoms with Crippen LogP contribution in [0.1, 0.15) is 62.8 Å². The molecular formula is C26H31ClN4O4. The van der Waals surface area contributed by atoms with Crippen molar-refractivity contribution in [2.24, 2.45) is 0 Å². The van der Waals surface area contributed by atoms with E-state index in [1.54, 1.807) is 58.9 Å². The summed E-state index contributed by atoms with van der Waals surface area (Å²) in [5, 5.41) is 3.89. The summed E-state index contributed by atoms with van der Waals surface area (Å²) in [4.78, 5) is 45.0. The average Bonchev–Trinajstić information content (AvgIpc) is 2.84. The maximum atomic E-state index is 13.4. The number of esters is 1. The third kappa shape index (κ3) is 5.82. The molecule has 1 unspecified atom stereocenters. The van der Waals surface area contributed by atoms with Gasteiger partial charge in [-0.1, -0.05) is 25.4 Å². The average molecular weight is 499 g/mol. The van der Waals surface area contributed by atoms with Crippen LogP contribution in [0.2, 0.25) is 5.02 Å². The number of benzene rings is 2. The number of ether oxygens (including phenoxy) is 1. The minimum atomic E-state index is -0.426. The molecule has 0 aliphatic heterocycles. The lowest BCUT2D eigenvalue weighted by Crippen LogP contribution is -2.41. The fraction of sp³-hybridized carbons (Fsp3) is 0.385. The second-order valence-corrected chi connectivity index (χ2v) is 8.46. The standard InChI is InChI=1S/C26H31ClN4O4/c1-5-15-31(26(34)28-19-12-9-17(10-13-19)25(33)35-8-4)22(6-2)23-29-21-16-18(27)11-14-20(21)24(32)30(23)7-3/h9-14,16,22H,5-8,15H2,1-4H3,(H,28,34). The molecule has 1 atom stereocenters. The zero-order valence-corrected chi connectivity index (χ0v) is 21.3. The van der Waals surface area contributed by atoms with Crippen molar-refractivity contribution in [1.82, 2.24) is 14.5 Å². The Hall–Kier alpha value is -3.39. The third-order valence-corrected chi connectivity index (χ3v) is 5.93. The van der Waals surface area contributed by atoms with Gasteiger partial charge < -0.3 is 15.0 Å². The number of halogens is 1. The van der Waals surface area contributed by atoms with Gasteiger partial charge in [0.2, 0.25) is 0 Å². The summed E-state index contributed by atoms with van der Waals surface area (Å²) in [6.45, 7) is 8.77.